The molecule has 2 fully saturated rings. The van der Waals surface area contributed by atoms with E-state index >= 15 is 0 Å². The zero-order valence-electron chi connectivity index (χ0n) is 17.0. The zero-order valence-corrected chi connectivity index (χ0v) is 17.8. The molecule has 0 bridgehead atoms. The predicted octanol–water partition coefficient (Wildman–Crippen LogP) is 1.71. The van der Waals surface area contributed by atoms with Crippen LogP contribution >= 0.6 is 11.8 Å². The Bertz CT molecular complexity index is 816. The molecule has 2 heterocycles. The van der Waals surface area contributed by atoms with Gasteiger partial charge in [0.15, 0.2) is 17.6 Å². The Hall–Kier alpha value is -2.42. The van der Waals surface area contributed by atoms with Gasteiger partial charge in [-0.15, -0.1) is 11.8 Å². The summed E-state index contributed by atoms with van der Waals surface area (Å²) in [5.41, 5.74) is 0.820. The van der Waals surface area contributed by atoms with Gasteiger partial charge in [0.1, 0.15) is 6.04 Å². The van der Waals surface area contributed by atoms with Crippen molar-refractivity contribution >= 4 is 29.5 Å². The largest absolute Gasteiger partial charge is 0.493 e. The van der Waals surface area contributed by atoms with Crippen molar-refractivity contribution in [2.45, 2.75) is 50.3 Å². The lowest BCUT2D eigenvalue weighted by atomic mass is 10.2. The summed E-state index contributed by atoms with van der Waals surface area (Å²) in [6.45, 7) is 3.74. The van der Waals surface area contributed by atoms with Crippen LogP contribution in [0.1, 0.15) is 32.3 Å². The van der Waals surface area contributed by atoms with Gasteiger partial charge in [0.2, 0.25) is 5.91 Å². The monoisotopic (exact) mass is 422 g/mol. The van der Waals surface area contributed by atoms with Gasteiger partial charge in [0, 0.05) is 18.7 Å². The third kappa shape index (κ3) is 4.29. The fourth-order valence-electron chi connectivity index (χ4n) is 3.62. The van der Waals surface area contributed by atoms with Crippen LogP contribution in [-0.4, -0.2) is 59.7 Å². The SMILES string of the molecule is COc1ccc(CNC(=O)[C@@H](C)OC(=O)[C@H]2CS[C@@]3(C)CCC(=O)N23)cc1OC. The standard InChI is InChI=1S/C20H26N2O6S/c1-12(18(24)21-10-13-5-6-15(26-3)16(9-13)27-4)28-19(25)14-11-29-20(2)8-7-17(23)22(14)20/h5-6,9,12,14H,7-8,10-11H2,1-4H3,(H,21,24)/t12-,14-,20+/m1/s1. The maximum atomic E-state index is 12.6. The quantitative estimate of drug-likeness (QED) is 0.669. The van der Waals surface area contributed by atoms with Gasteiger partial charge < -0.3 is 24.4 Å². The van der Waals surface area contributed by atoms with E-state index in [0.717, 1.165) is 12.0 Å². The van der Waals surface area contributed by atoms with Crippen molar-refractivity contribution in [2.24, 2.45) is 0 Å². The van der Waals surface area contributed by atoms with Crippen LogP contribution in [0.15, 0.2) is 18.2 Å². The second-order valence-corrected chi connectivity index (χ2v) is 8.75. The summed E-state index contributed by atoms with van der Waals surface area (Å²) in [6, 6.07) is 4.70. The molecule has 0 spiro atoms. The highest BCUT2D eigenvalue weighted by Gasteiger charge is 2.53. The van der Waals surface area contributed by atoms with Crippen LogP contribution in [0.2, 0.25) is 0 Å². The van der Waals surface area contributed by atoms with Gasteiger partial charge in [-0.1, -0.05) is 6.07 Å². The zero-order chi connectivity index (χ0) is 21.2. The van der Waals surface area contributed by atoms with E-state index in [1.807, 2.05) is 13.0 Å². The van der Waals surface area contributed by atoms with Crippen LogP contribution in [0.25, 0.3) is 0 Å². The molecule has 158 valence electrons. The summed E-state index contributed by atoms with van der Waals surface area (Å²) >= 11 is 1.59. The van der Waals surface area contributed by atoms with E-state index in [4.69, 9.17) is 14.2 Å². The number of methoxy groups -OCH3 is 2. The third-order valence-electron chi connectivity index (χ3n) is 5.29. The number of hydrogen-bond acceptors (Lipinski definition) is 7. The first kappa shape index (κ1) is 21.3. The van der Waals surface area contributed by atoms with Crippen molar-refractivity contribution < 1.29 is 28.6 Å². The topological polar surface area (TPSA) is 94.2 Å². The molecule has 1 aromatic rings. The van der Waals surface area contributed by atoms with Crippen molar-refractivity contribution in [3.63, 3.8) is 0 Å². The fraction of sp³-hybridized carbons (Fsp3) is 0.550. The number of rotatable bonds is 7. The number of ether oxygens (including phenoxy) is 3. The summed E-state index contributed by atoms with van der Waals surface area (Å²) in [5.74, 6) is 0.671. The Morgan fingerprint density at radius 3 is 2.72 bits per heavy atom. The van der Waals surface area contributed by atoms with Gasteiger partial charge in [-0.3, -0.25) is 9.59 Å². The van der Waals surface area contributed by atoms with Crippen LogP contribution in [0.5, 0.6) is 11.5 Å². The number of benzene rings is 1. The number of fused-ring (bicyclic) bond motifs is 1. The Morgan fingerprint density at radius 1 is 1.31 bits per heavy atom. The number of amides is 2. The van der Waals surface area contributed by atoms with Crippen molar-refractivity contribution in [1.82, 2.24) is 10.2 Å². The van der Waals surface area contributed by atoms with E-state index in [2.05, 4.69) is 5.32 Å². The summed E-state index contributed by atoms with van der Waals surface area (Å²) < 4.78 is 15.8. The molecule has 29 heavy (non-hydrogen) atoms. The first-order valence-corrected chi connectivity index (χ1v) is 10.4. The summed E-state index contributed by atoms with van der Waals surface area (Å²) in [4.78, 5) is 38.4. The second-order valence-electron chi connectivity index (χ2n) is 7.25. The molecule has 2 saturated heterocycles. The molecule has 2 aliphatic heterocycles. The minimum Gasteiger partial charge on any atom is -0.493 e. The second kappa shape index (κ2) is 8.52. The fourth-order valence-corrected chi connectivity index (χ4v) is 5.04. The molecule has 2 amide bonds. The number of esters is 1. The van der Waals surface area contributed by atoms with Crippen molar-refractivity contribution in [3.8, 4) is 11.5 Å². The van der Waals surface area contributed by atoms with Gasteiger partial charge in [0.25, 0.3) is 5.91 Å². The number of hydrogen-bond donors (Lipinski definition) is 1. The summed E-state index contributed by atoms with van der Waals surface area (Å²) in [5, 5.41) is 2.75. The Kier molecular flexibility index (Phi) is 6.26. The normalized spacial score (nSPS) is 24.1. The molecule has 0 saturated carbocycles. The number of thioether (sulfide) groups is 1. The molecule has 3 rings (SSSR count). The Balaban J connectivity index is 1.54. The molecule has 3 atom stereocenters. The van der Waals surface area contributed by atoms with Gasteiger partial charge >= 0.3 is 5.97 Å². The maximum absolute atomic E-state index is 12.6. The highest BCUT2D eigenvalue weighted by Crippen LogP contribution is 2.47. The predicted molar refractivity (Wildman–Crippen MR) is 108 cm³/mol. The first-order chi connectivity index (χ1) is 13.8. The minimum atomic E-state index is -0.961. The molecule has 0 aliphatic carbocycles. The smallest absolute Gasteiger partial charge is 0.330 e. The molecule has 0 aromatic heterocycles. The van der Waals surface area contributed by atoms with E-state index in [9.17, 15) is 14.4 Å². The van der Waals surface area contributed by atoms with Crippen molar-refractivity contribution in [2.75, 3.05) is 20.0 Å². The van der Waals surface area contributed by atoms with Gasteiger partial charge in [-0.25, -0.2) is 4.79 Å². The number of carbonyl (C=O) groups excluding carboxylic acids is 3. The lowest BCUT2D eigenvalue weighted by Crippen LogP contribution is -2.48. The number of nitrogens with zero attached hydrogens (tertiary/aromatic N) is 1. The van der Waals surface area contributed by atoms with E-state index in [1.54, 1.807) is 43.0 Å². The Morgan fingerprint density at radius 2 is 2.03 bits per heavy atom. The van der Waals surface area contributed by atoms with Crippen LogP contribution in [0.4, 0.5) is 0 Å². The lowest BCUT2D eigenvalue weighted by Gasteiger charge is -2.29. The van der Waals surface area contributed by atoms with Gasteiger partial charge in [0.05, 0.1) is 19.1 Å². The molecule has 0 radical (unpaired) electrons. The molecular weight excluding hydrogens is 396 g/mol. The summed E-state index contributed by atoms with van der Waals surface area (Å²) in [6.07, 6.45) is 0.202. The first-order valence-electron chi connectivity index (χ1n) is 9.44. The lowest BCUT2D eigenvalue weighted by molar-refractivity contribution is -0.161. The third-order valence-corrected chi connectivity index (χ3v) is 6.80. The van der Waals surface area contributed by atoms with Crippen LogP contribution in [0, 0.1) is 0 Å². The molecule has 0 unspecified atom stereocenters. The van der Waals surface area contributed by atoms with Crippen LogP contribution < -0.4 is 14.8 Å². The van der Waals surface area contributed by atoms with E-state index in [-0.39, 0.29) is 17.3 Å². The van der Waals surface area contributed by atoms with Gasteiger partial charge in [-0.05, 0) is 38.0 Å². The molecule has 9 heteroatoms. The minimum absolute atomic E-state index is 0.0370. The molecule has 2 aliphatic rings. The van der Waals surface area contributed by atoms with Gasteiger partial charge in [-0.2, -0.15) is 0 Å². The average Bonchev–Trinajstić information content (AvgIpc) is 3.21. The average molecular weight is 423 g/mol. The van der Waals surface area contributed by atoms with E-state index in [0.29, 0.717) is 23.7 Å². The van der Waals surface area contributed by atoms with Crippen molar-refractivity contribution in [1.29, 1.82) is 0 Å². The van der Waals surface area contributed by atoms with Crippen LogP contribution in [0.3, 0.4) is 0 Å². The molecule has 8 nitrogen and oxygen atoms in total. The Labute approximate surface area is 174 Å². The molecular formula is C20H26N2O6S. The highest BCUT2D eigenvalue weighted by atomic mass is 32.2. The maximum Gasteiger partial charge on any atom is 0.330 e. The summed E-state index contributed by atoms with van der Waals surface area (Å²) in [7, 11) is 3.09. The van der Waals surface area contributed by atoms with Crippen molar-refractivity contribution in [3.05, 3.63) is 23.8 Å². The van der Waals surface area contributed by atoms with E-state index < -0.39 is 24.0 Å². The van der Waals surface area contributed by atoms with Crippen LogP contribution in [-0.2, 0) is 25.7 Å². The number of nitrogens with one attached hydrogen (secondary N) is 1. The molecule has 1 aromatic carbocycles. The highest BCUT2D eigenvalue weighted by molar-refractivity contribution is 8.01. The van der Waals surface area contributed by atoms with E-state index in [1.165, 1.54) is 6.92 Å². The molecule has 1 N–H and O–H groups in total. The number of carbonyl (C=O) groups is 3.